The Hall–Kier alpha value is -1.65. The van der Waals surface area contributed by atoms with E-state index in [9.17, 15) is 8.42 Å². The fourth-order valence-corrected chi connectivity index (χ4v) is 5.28. The molecule has 0 amide bonds. The van der Waals surface area contributed by atoms with Gasteiger partial charge in [-0.3, -0.25) is 4.99 Å². The smallest absolute Gasteiger partial charge is 0.220 e. The van der Waals surface area contributed by atoms with Crippen LogP contribution < -0.4 is 5.32 Å². The monoisotopic (exact) mass is 427 g/mol. The molecule has 2 heterocycles. The summed E-state index contributed by atoms with van der Waals surface area (Å²) < 4.78 is 37.3. The SMILES string of the molecule is CN=C(NCCCOC1CCCCC1)N1CCN(S(=O)(=O)Cc2ccon2)CC1. The van der Waals surface area contributed by atoms with E-state index in [0.29, 0.717) is 38.0 Å². The van der Waals surface area contributed by atoms with Crippen LogP contribution in [0.4, 0.5) is 0 Å². The van der Waals surface area contributed by atoms with Gasteiger partial charge in [0.15, 0.2) is 5.96 Å². The van der Waals surface area contributed by atoms with Gasteiger partial charge in [-0.2, -0.15) is 4.31 Å². The highest BCUT2D eigenvalue weighted by molar-refractivity contribution is 7.88. The molecule has 29 heavy (non-hydrogen) atoms. The number of nitrogens with one attached hydrogen (secondary N) is 1. The highest BCUT2D eigenvalue weighted by Crippen LogP contribution is 2.20. The van der Waals surface area contributed by atoms with Crippen LogP contribution in [0, 0.1) is 0 Å². The minimum absolute atomic E-state index is 0.128. The van der Waals surface area contributed by atoms with Crippen LogP contribution in [0.2, 0.25) is 0 Å². The number of hydrogen-bond donors (Lipinski definition) is 1. The molecule has 10 heteroatoms. The van der Waals surface area contributed by atoms with E-state index in [1.807, 2.05) is 0 Å². The van der Waals surface area contributed by atoms with Gasteiger partial charge >= 0.3 is 0 Å². The van der Waals surface area contributed by atoms with Gasteiger partial charge < -0.3 is 19.5 Å². The number of rotatable bonds is 8. The lowest BCUT2D eigenvalue weighted by atomic mass is 9.98. The first-order valence-corrected chi connectivity index (χ1v) is 12.1. The third-order valence-electron chi connectivity index (χ3n) is 5.47. The van der Waals surface area contributed by atoms with Crippen molar-refractivity contribution < 1.29 is 17.7 Å². The molecule has 1 saturated carbocycles. The summed E-state index contributed by atoms with van der Waals surface area (Å²) in [4.78, 5) is 6.45. The Bertz CT molecular complexity index is 724. The van der Waals surface area contributed by atoms with Crippen molar-refractivity contribution in [3.63, 3.8) is 0 Å². The van der Waals surface area contributed by atoms with Crippen LogP contribution in [-0.2, 0) is 20.5 Å². The molecule has 0 unspecified atom stereocenters. The van der Waals surface area contributed by atoms with E-state index in [4.69, 9.17) is 9.26 Å². The van der Waals surface area contributed by atoms with Crippen molar-refractivity contribution in [1.82, 2.24) is 19.7 Å². The van der Waals surface area contributed by atoms with Crippen molar-refractivity contribution in [3.05, 3.63) is 18.0 Å². The van der Waals surface area contributed by atoms with Crippen LogP contribution >= 0.6 is 0 Å². The number of aromatic nitrogens is 1. The first-order valence-electron chi connectivity index (χ1n) is 10.5. The predicted molar refractivity (Wildman–Crippen MR) is 111 cm³/mol. The van der Waals surface area contributed by atoms with Gasteiger partial charge in [-0.1, -0.05) is 24.4 Å². The van der Waals surface area contributed by atoms with Crippen LogP contribution in [-0.4, -0.2) is 81.2 Å². The maximum atomic E-state index is 12.5. The summed E-state index contributed by atoms with van der Waals surface area (Å²) >= 11 is 0. The van der Waals surface area contributed by atoms with Crippen LogP contribution in [0.3, 0.4) is 0 Å². The Morgan fingerprint density at radius 1 is 1.28 bits per heavy atom. The zero-order valence-corrected chi connectivity index (χ0v) is 18.1. The number of ether oxygens (including phenoxy) is 1. The second-order valence-corrected chi connectivity index (χ2v) is 9.56. The number of piperazine rings is 1. The van der Waals surface area contributed by atoms with E-state index in [1.54, 1.807) is 13.1 Å². The van der Waals surface area contributed by atoms with Gasteiger partial charge in [0, 0.05) is 52.4 Å². The third-order valence-corrected chi connectivity index (χ3v) is 7.29. The van der Waals surface area contributed by atoms with Crippen molar-refractivity contribution in [3.8, 4) is 0 Å². The minimum atomic E-state index is -3.39. The van der Waals surface area contributed by atoms with Gasteiger partial charge in [-0.05, 0) is 19.3 Å². The molecule has 2 aliphatic rings. The molecule has 0 bridgehead atoms. The van der Waals surface area contributed by atoms with Crippen molar-refractivity contribution in [2.45, 2.75) is 50.4 Å². The highest BCUT2D eigenvalue weighted by atomic mass is 32.2. The molecule has 1 aliphatic heterocycles. The maximum absolute atomic E-state index is 12.5. The fourth-order valence-electron chi connectivity index (χ4n) is 3.85. The first kappa shape index (κ1) is 22.0. The average Bonchev–Trinajstić information content (AvgIpc) is 3.24. The normalized spacial score (nSPS) is 20.2. The fraction of sp³-hybridized carbons (Fsp3) is 0.789. The zero-order chi connectivity index (χ0) is 20.5. The molecule has 9 nitrogen and oxygen atoms in total. The summed E-state index contributed by atoms with van der Waals surface area (Å²) in [6, 6.07) is 1.58. The first-order chi connectivity index (χ1) is 14.1. The Morgan fingerprint density at radius 2 is 2.03 bits per heavy atom. The highest BCUT2D eigenvalue weighted by Gasteiger charge is 2.28. The summed E-state index contributed by atoms with van der Waals surface area (Å²) in [6.07, 6.45) is 9.06. The Morgan fingerprint density at radius 3 is 2.69 bits per heavy atom. The molecule has 1 aromatic rings. The van der Waals surface area contributed by atoms with Crippen LogP contribution in [0.15, 0.2) is 21.8 Å². The van der Waals surface area contributed by atoms with E-state index < -0.39 is 10.0 Å². The molecule has 164 valence electrons. The van der Waals surface area contributed by atoms with E-state index in [0.717, 1.165) is 25.5 Å². The summed E-state index contributed by atoms with van der Waals surface area (Å²) in [6.45, 7) is 3.65. The number of guanidine groups is 1. The molecule has 2 fully saturated rings. The minimum Gasteiger partial charge on any atom is -0.378 e. The number of nitrogens with zero attached hydrogens (tertiary/aromatic N) is 4. The Balaban J connectivity index is 1.36. The lowest BCUT2D eigenvalue weighted by Gasteiger charge is -2.35. The van der Waals surface area contributed by atoms with Gasteiger partial charge in [-0.25, -0.2) is 8.42 Å². The quantitative estimate of drug-likeness (QED) is 0.381. The topological polar surface area (TPSA) is 100 Å². The molecule has 0 atom stereocenters. The Labute approximate surface area is 173 Å². The lowest BCUT2D eigenvalue weighted by Crippen LogP contribution is -2.54. The van der Waals surface area contributed by atoms with Crippen LogP contribution in [0.25, 0.3) is 0 Å². The standard InChI is InChI=1S/C19H33N5O4S/c1-20-19(21-9-5-14-27-18-6-3-2-4-7-18)23-10-12-24(13-11-23)29(25,26)16-17-8-15-28-22-17/h8,15,18H,2-7,9-14,16H2,1H3,(H,20,21). The molecule has 0 spiro atoms. The predicted octanol–water partition coefficient (Wildman–Crippen LogP) is 1.44. The van der Waals surface area contributed by atoms with E-state index in [2.05, 4.69) is 20.4 Å². The second-order valence-electron chi connectivity index (χ2n) is 7.59. The van der Waals surface area contributed by atoms with E-state index in [1.165, 1.54) is 42.7 Å². The van der Waals surface area contributed by atoms with Gasteiger partial charge in [0.2, 0.25) is 10.0 Å². The molecule has 1 aromatic heterocycles. The van der Waals surface area contributed by atoms with Crippen molar-refractivity contribution in [1.29, 1.82) is 0 Å². The van der Waals surface area contributed by atoms with Crippen LogP contribution in [0.5, 0.6) is 0 Å². The van der Waals surface area contributed by atoms with Crippen molar-refractivity contribution in [2.24, 2.45) is 4.99 Å². The molecule has 0 aromatic carbocycles. The number of aliphatic imine (C=N–C) groups is 1. The largest absolute Gasteiger partial charge is 0.378 e. The van der Waals surface area contributed by atoms with E-state index >= 15 is 0 Å². The van der Waals surface area contributed by atoms with Gasteiger partial charge in [-0.15, -0.1) is 0 Å². The number of hydrogen-bond acceptors (Lipinski definition) is 6. The molecular weight excluding hydrogens is 394 g/mol. The van der Waals surface area contributed by atoms with Crippen molar-refractivity contribution >= 4 is 16.0 Å². The third kappa shape index (κ3) is 6.68. The average molecular weight is 428 g/mol. The zero-order valence-electron chi connectivity index (χ0n) is 17.3. The van der Waals surface area contributed by atoms with Crippen molar-refractivity contribution in [2.75, 3.05) is 46.4 Å². The summed E-state index contributed by atoms with van der Waals surface area (Å²) in [5.74, 6) is 0.688. The summed E-state index contributed by atoms with van der Waals surface area (Å²) in [5, 5.41) is 7.07. The van der Waals surface area contributed by atoms with Gasteiger partial charge in [0.25, 0.3) is 0 Å². The number of sulfonamides is 1. The maximum Gasteiger partial charge on any atom is 0.220 e. The van der Waals surface area contributed by atoms with Gasteiger partial charge in [0.05, 0.1) is 11.8 Å². The molecule has 3 rings (SSSR count). The molecular formula is C19H33N5O4S. The second kappa shape index (κ2) is 10.9. The lowest BCUT2D eigenvalue weighted by molar-refractivity contribution is 0.0276. The Kier molecular flexibility index (Phi) is 8.31. The van der Waals surface area contributed by atoms with Gasteiger partial charge in [0.1, 0.15) is 12.0 Å². The summed E-state index contributed by atoms with van der Waals surface area (Å²) in [5.41, 5.74) is 0.431. The molecule has 1 saturated heterocycles. The summed E-state index contributed by atoms with van der Waals surface area (Å²) in [7, 11) is -1.63. The molecule has 0 radical (unpaired) electrons. The molecule has 1 N–H and O–H groups in total. The molecule has 1 aliphatic carbocycles. The van der Waals surface area contributed by atoms with E-state index in [-0.39, 0.29) is 5.75 Å². The van der Waals surface area contributed by atoms with Crippen LogP contribution in [0.1, 0.15) is 44.2 Å².